The lowest BCUT2D eigenvalue weighted by Crippen LogP contribution is -2.39. The number of nitrogens with one attached hydrogen (secondary N) is 1. The summed E-state index contributed by atoms with van der Waals surface area (Å²) in [6.07, 6.45) is 7.92. The van der Waals surface area contributed by atoms with Crippen molar-refractivity contribution in [1.29, 1.82) is 0 Å². The van der Waals surface area contributed by atoms with Crippen molar-refractivity contribution < 1.29 is 13.9 Å². The molecule has 33 heavy (non-hydrogen) atoms. The molecule has 2 fully saturated rings. The second-order valence-electron chi connectivity index (χ2n) is 8.31. The lowest BCUT2D eigenvalue weighted by molar-refractivity contribution is 0.0148. The van der Waals surface area contributed by atoms with Gasteiger partial charge in [-0.15, -0.1) is 17.5 Å². The average molecular weight is 471 g/mol. The van der Waals surface area contributed by atoms with Gasteiger partial charge in [-0.25, -0.2) is 14.2 Å². The van der Waals surface area contributed by atoms with E-state index in [1.165, 1.54) is 6.07 Å². The zero-order valence-corrected chi connectivity index (χ0v) is 18.7. The van der Waals surface area contributed by atoms with E-state index in [0.717, 1.165) is 32.2 Å². The molecule has 0 bridgehead atoms. The molecule has 0 atom stereocenters. The molecule has 2 aliphatic rings. The third-order valence-electron chi connectivity index (χ3n) is 6.20. The van der Waals surface area contributed by atoms with Crippen molar-refractivity contribution in [2.75, 3.05) is 23.3 Å². The van der Waals surface area contributed by atoms with Gasteiger partial charge in [0.1, 0.15) is 17.2 Å². The Bertz CT molecular complexity index is 1090. The van der Waals surface area contributed by atoms with Gasteiger partial charge in [-0.3, -0.25) is 9.88 Å². The first-order chi connectivity index (χ1) is 15.6. The first-order valence-corrected chi connectivity index (χ1v) is 10.7. The van der Waals surface area contributed by atoms with E-state index in [0.29, 0.717) is 35.4 Å². The number of hydrogen-bond acceptors (Lipinski definition) is 7. The molecule has 3 aromatic rings. The van der Waals surface area contributed by atoms with Crippen LogP contribution in [0.25, 0.3) is 11.3 Å². The van der Waals surface area contributed by atoms with E-state index >= 15 is 0 Å². The second-order valence-corrected chi connectivity index (χ2v) is 8.31. The Balaban J connectivity index is 0.00000259. The normalized spacial score (nSPS) is 22.0. The van der Waals surface area contributed by atoms with Crippen molar-refractivity contribution in [1.82, 2.24) is 20.2 Å². The minimum atomic E-state index is -0.452. The molecule has 1 saturated carbocycles. The highest BCUT2D eigenvalue weighted by molar-refractivity contribution is 5.89. The van der Waals surface area contributed by atoms with Gasteiger partial charge in [0.2, 0.25) is 0 Å². The fraction of sp³-hybridized carbons (Fsp3) is 0.348. The zero-order valence-electron chi connectivity index (χ0n) is 17.9. The summed E-state index contributed by atoms with van der Waals surface area (Å²) in [5.41, 5.74) is 0.488. The van der Waals surface area contributed by atoms with Crippen LogP contribution >= 0.6 is 12.4 Å². The molecule has 1 N–H and O–H groups in total. The van der Waals surface area contributed by atoms with Gasteiger partial charge in [0, 0.05) is 18.3 Å². The molecular weight excluding hydrogens is 447 g/mol. The van der Waals surface area contributed by atoms with Gasteiger partial charge in [-0.1, -0.05) is 12.1 Å². The minimum absolute atomic E-state index is 0. The maximum Gasteiger partial charge on any atom is 0.416 e. The smallest absolute Gasteiger partial charge is 0.416 e. The summed E-state index contributed by atoms with van der Waals surface area (Å²) in [5, 5.41) is 11.2. The molecule has 172 valence electrons. The summed E-state index contributed by atoms with van der Waals surface area (Å²) in [5.74, 6) is 1.31. The Morgan fingerprint density at radius 3 is 2.64 bits per heavy atom. The summed E-state index contributed by atoms with van der Waals surface area (Å²) >= 11 is 0. The largest absolute Gasteiger partial charge is 0.441 e. The van der Waals surface area contributed by atoms with E-state index in [4.69, 9.17) is 4.74 Å². The van der Waals surface area contributed by atoms with Crippen molar-refractivity contribution in [2.24, 2.45) is 5.92 Å². The maximum absolute atomic E-state index is 13.9. The van der Waals surface area contributed by atoms with Crippen LogP contribution in [0.5, 0.6) is 0 Å². The number of anilines is 2. The molecule has 10 heteroatoms. The third-order valence-corrected chi connectivity index (χ3v) is 6.20. The van der Waals surface area contributed by atoms with Crippen LogP contribution < -0.4 is 10.2 Å². The van der Waals surface area contributed by atoms with Gasteiger partial charge in [0.25, 0.3) is 0 Å². The summed E-state index contributed by atoms with van der Waals surface area (Å²) in [6.45, 7) is 1.26. The number of carbonyl (C=O) groups is 1. The highest BCUT2D eigenvalue weighted by Gasteiger charge is 2.48. The summed E-state index contributed by atoms with van der Waals surface area (Å²) in [7, 11) is 0. The monoisotopic (exact) mass is 470 g/mol. The first kappa shape index (κ1) is 22.8. The van der Waals surface area contributed by atoms with Crippen LogP contribution in [0.4, 0.5) is 20.8 Å². The molecule has 1 aliphatic heterocycles. The standard InChI is InChI=1S/C23H23FN6O2.ClH/c24-18-5-2-1-4-17(18)19-13-27-20(14-25-19)26-12-16-7-9-23(10-8-16)15-30(22(31)32-23)21-6-3-11-28-29-21;/h1-6,11,13-14,16H,7-10,12,15H2,(H,26,27);1H/t16-,23-;. The maximum atomic E-state index is 13.9. The van der Waals surface area contributed by atoms with Crippen molar-refractivity contribution in [3.8, 4) is 11.3 Å². The molecular formula is C23H24ClFN6O2. The Labute approximate surface area is 197 Å². The van der Waals surface area contributed by atoms with E-state index in [-0.39, 0.29) is 24.3 Å². The van der Waals surface area contributed by atoms with Crippen molar-refractivity contribution in [3.63, 3.8) is 0 Å². The predicted octanol–water partition coefficient (Wildman–Crippen LogP) is 4.49. The number of nitrogens with zero attached hydrogens (tertiary/aromatic N) is 5. The zero-order chi connectivity index (χ0) is 22.0. The summed E-state index contributed by atoms with van der Waals surface area (Å²) in [4.78, 5) is 22.7. The van der Waals surface area contributed by atoms with Crippen LogP contribution in [0.3, 0.4) is 0 Å². The van der Waals surface area contributed by atoms with Crippen molar-refractivity contribution >= 4 is 30.1 Å². The number of aromatic nitrogens is 4. The number of benzene rings is 1. The quantitative estimate of drug-likeness (QED) is 0.587. The Kier molecular flexibility index (Phi) is 6.69. The van der Waals surface area contributed by atoms with Gasteiger partial charge in [0.05, 0.1) is 24.6 Å². The second kappa shape index (κ2) is 9.66. The van der Waals surface area contributed by atoms with Crippen LogP contribution in [0, 0.1) is 11.7 Å². The molecule has 0 unspecified atom stereocenters. The lowest BCUT2D eigenvalue weighted by Gasteiger charge is -2.35. The number of amides is 1. The van der Waals surface area contributed by atoms with Crippen molar-refractivity contribution in [3.05, 3.63) is 60.8 Å². The first-order valence-electron chi connectivity index (χ1n) is 10.7. The average Bonchev–Trinajstić information content (AvgIpc) is 3.16. The van der Waals surface area contributed by atoms with Gasteiger partial charge in [-0.2, -0.15) is 5.10 Å². The van der Waals surface area contributed by atoms with E-state index in [9.17, 15) is 9.18 Å². The van der Waals surface area contributed by atoms with Gasteiger partial charge in [-0.05, 0) is 55.9 Å². The number of rotatable bonds is 5. The number of hydrogen-bond donors (Lipinski definition) is 1. The molecule has 1 amide bonds. The van der Waals surface area contributed by atoms with Crippen LogP contribution in [-0.2, 0) is 4.74 Å². The summed E-state index contributed by atoms with van der Waals surface area (Å²) in [6, 6.07) is 10.0. The predicted molar refractivity (Wildman–Crippen MR) is 124 cm³/mol. The fourth-order valence-electron chi connectivity index (χ4n) is 4.38. The van der Waals surface area contributed by atoms with E-state index in [1.807, 2.05) is 0 Å². The van der Waals surface area contributed by atoms with Gasteiger partial charge in [0.15, 0.2) is 5.82 Å². The van der Waals surface area contributed by atoms with Crippen molar-refractivity contribution in [2.45, 2.75) is 31.3 Å². The SMILES string of the molecule is Cl.O=C1O[C@]2(CC[C@H](CNc3cnc(-c4ccccc4F)cn3)CC2)CN1c1cccnn1. The molecule has 1 aliphatic carbocycles. The van der Waals surface area contributed by atoms with Crippen LogP contribution in [0.1, 0.15) is 25.7 Å². The molecule has 1 saturated heterocycles. The van der Waals surface area contributed by atoms with Gasteiger partial charge >= 0.3 is 6.09 Å². The molecule has 1 aromatic carbocycles. The number of ether oxygens (including phenoxy) is 1. The van der Waals surface area contributed by atoms with Crippen LogP contribution in [0.15, 0.2) is 55.0 Å². The molecule has 0 radical (unpaired) electrons. The highest BCUT2D eigenvalue weighted by atomic mass is 35.5. The molecule has 1 spiro atoms. The molecule has 2 aromatic heterocycles. The molecule has 8 nitrogen and oxygen atoms in total. The Hall–Kier alpha value is -3.33. The third kappa shape index (κ3) is 4.88. The number of carbonyl (C=O) groups excluding carboxylic acids is 1. The minimum Gasteiger partial charge on any atom is -0.441 e. The molecule has 3 heterocycles. The van der Waals surface area contributed by atoms with E-state index < -0.39 is 5.60 Å². The van der Waals surface area contributed by atoms with E-state index in [1.54, 1.807) is 53.8 Å². The van der Waals surface area contributed by atoms with Crippen LogP contribution in [-0.4, -0.2) is 44.9 Å². The Morgan fingerprint density at radius 1 is 1.12 bits per heavy atom. The number of halogens is 2. The summed E-state index contributed by atoms with van der Waals surface area (Å²) < 4.78 is 19.7. The van der Waals surface area contributed by atoms with E-state index in [2.05, 4.69) is 25.5 Å². The Morgan fingerprint density at radius 2 is 1.94 bits per heavy atom. The topological polar surface area (TPSA) is 93.1 Å². The molecule has 5 rings (SSSR count). The van der Waals surface area contributed by atoms with Crippen LogP contribution in [0.2, 0.25) is 0 Å². The fourth-order valence-corrected chi connectivity index (χ4v) is 4.38. The highest BCUT2D eigenvalue weighted by Crippen LogP contribution is 2.40. The lowest BCUT2D eigenvalue weighted by atomic mass is 9.78. The van der Waals surface area contributed by atoms with Gasteiger partial charge < -0.3 is 10.1 Å².